The van der Waals surface area contributed by atoms with Gasteiger partial charge in [-0.3, -0.25) is 14.1 Å². The zero-order valence-corrected chi connectivity index (χ0v) is 14.6. The molecule has 0 fully saturated rings. The summed E-state index contributed by atoms with van der Waals surface area (Å²) in [6.45, 7) is 1.94. The van der Waals surface area contributed by atoms with E-state index in [1.165, 1.54) is 0 Å². The number of unbranched alkanes of at least 4 members (excludes halogenated alkanes) is 1. The average Bonchev–Trinajstić information content (AvgIpc) is 2.43. The van der Waals surface area contributed by atoms with Crippen LogP contribution in [0.25, 0.3) is 0 Å². The fourth-order valence-corrected chi connectivity index (χ4v) is 4.48. The van der Waals surface area contributed by atoms with Crippen molar-refractivity contribution >= 4 is 17.7 Å². The molecule has 0 amide bonds. The number of aromatic nitrogens is 1. The van der Waals surface area contributed by atoms with Gasteiger partial charge in [-0.1, -0.05) is 17.7 Å². The highest BCUT2D eigenvalue weighted by atomic mass is 32.2. The molecule has 1 aromatic heterocycles. The lowest BCUT2D eigenvalue weighted by Gasteiger charge is -2.14. The van der Waals surface area contributed by atoms with Crippen molar-refractivity contribution in [3.05, 3.63) is 41.7 Å². The van der Waals surface area contributed by atoms with E-state index in [0.29, 0.717) is 6.42 Å². The molecular formula is C14H22NO6PS. The summed E-state index contributed by atoms with van der Waals surface area (Å²) in [6, 6.07) is 5.70. The molecule has 1 atom stereocenters. The third-order valence-electron chi connectivity index (χ3n) is 3.37. The Labute approximate surface area is 136 Å². The monoisotopic (exact) mass is 363 g/mol. The second-order valence-electron chi connectivity index (χ2n) is 5.36. The normalized spacial score (nSPS) is 14.7. The highest BCUT2D eigenvalue weighted by molar-refractivity contribution is 7.93. The molecule has 1 heterocycles. The van der Waals surface area contributed by atoms with Crippen LogP contribution in [0.1, 0.15) is 38.3 Å². The number of nitrogens with zero attached hydrogens (tertiary/aromatic N) is 1. The third-order valence-corrected chi connectivity index (χ3v) is 6.92. The third kappa shape index (κ3) is 7.85. The number of hydrogen-bond acceptors (Lipinski definition) is 4. The van der Waals surface area contributed by atoms with Gasteiger partial charge in [0.1, 0.15) is 0 Å². The Morgan fingerprint density at radius 3 is 2.61 bits per heavy atom. The van der Waals surface area contributed by atoms with Gasteiger partial charge in [0.2, 0.25) is 0 Å². The van der Waals surface area contributed by atoms with Gasteiger partial charge in [0.25, 0.3) is 10.1 Å². The van der Waals surface area contributed by atoms with Crippen molar-refractivity contribution in [2.24, 2.45) is 0 Å². The van der Waals surface area contributed by atoms with Crippen molar-refractivity contribution in [3.63, 3.8) is 0 Å². The number of rotatable bonds is 9. The van der Waals surface area contributed by atoms with Crippen LogP contribution in [-0.4, -0.2) is 32.7 Å². The maximum atomic E-state index is 11.1. The van der Waals surface area contributed by atoms with E-state index < -0.39 is 22.7 Å². The predicted molar refractivity (Wildman–Crippen MR) is 87.5 cm³/mol. The molecule has 0 spiro atoms. The molecule has 1 rings (SSSR count). The van der Waals surface area contributed by atoms with Crippen molar-refractivity contribution in [3.8, 4) is 0 Å². The van der Waals surface area contributed by atoms with Gasteiger partial charge in [-0.05, 0) is 51.2 Å². The van der Waals surface area contributed by atoms with E-state index in [4.69, 9.17) is 14.3 Å². The Morgan fingerprint density at radius 1 is 1.39 bits per heavy atom. The molecule has 3 N–H and O–H groups in total. The Morgan fingerprint density at radius 2 is 2.09 bits per heavy atom. The maximum absolute atomic E-state index is 11.1. The van der Waals surface area contributed by atoms with Crippen molar-refractivity contribution in [1.29, 1.82) is 0 Å². The zero-order valence-electron chi connectivity index (χ0n) is 12.9. The molecule has 0 aliphatic rings. The van der Waals surface area contributed by atoms with E-state index in [9.17, 15) is 13.0 Å². The van der Waals surface area contributed by atoms with Gasteiger partial charge in [-0.15, -0.1) is 0 Å². The molecular weight excluding hydrogens is 341 g/mol. The summed E-state index contributed by atoms with van der Waals surface area (Å²) in [5.41, 5.74) is 2.07. The summed E-state index contributed by atoms with van der Waals surface area (Å²) in [5.74, 6) is 0. The number of allylic oxidation sites excluding steroid dienone is 2. The molecule has 0 saturated heterocycles. The predicted octanol–water partition coefficient (Wildman–Crippen LogP) is 2.52. The van der Waals surface area contributed by atoms with Gasteiger partial charge >= 0.3 is 7.60 Å². The van der Waals surface area contributed by atoms with Crippen molar-refractivity contribution in [2.45, 2.75) is 44.0 Å². The summed E-state index contributed by atoms with van der Waals surface area (Å²) in [5, 5.41) is 0. The summed E-state index contributed by atoms with van der Waals surface area (Å²) in [6.07, 6.45) is 5.69. The summed E-state index contributed by atoms with van der Waals surface area (Å²) >= 11 is 0. The van der Waals surface area contributed by atoms with Crippen LogP contribution >= 0.6 is 7.60 Å². The minimum atomic E-state index is -4.88. The highest BCUT2D eigenvalue weighted by Gasteiger charge is 2.38. The first-order valence-corrected chi connectivity index (χ1v) is 10.4. The largest absolute Gasteiger partial charge is 0.346 e. The van der Waals surface area contributed by atoms with Crippen LogP contribution in [0.15, 0.2) is 36.0 Å². The Bertz CT molecular complexity index is 668. The van der Waals surface area contributed by atoms with Gasteiger partial charge < -0.3 is 9.79 Å². The van der Waals surface area contributed by atoms with Crippen LogP contribution in [0.3, 0.4) is 0 Å². The summed E-state index contributed by atoms with van der Waals surface area (Å²) < 4.78 is 42.0. The van der Waals surface area contributed by atoms with Crippen LogP contribution in [0, 0.1) is 0 Å². The van der Waals surface area contributed by atoms with Crippen LogP contribution < -0.4 is 0 Å². The van der Waals surface area contributed by atoms with Gasteiger partial charge in [0.05, 0.1) is 0 Å². The smallest absolute Gasteiger partial charge is 0.323 e. The standard InChI is InChI=1S/C14H22NO6PS/c1-12(9-10-13-7-4-5-11-15-13)6-2-3-8-14(22(16,17)18)23(19,20)21/h4-7,11,14H,2-3,8-10H2,1H3,(H2,16,17,18)(H,19,20,21). The molecule has 0 aliphatic carbocycles. The van der Waals surface area contributed by atoms with E-state index in [1.54, 1.807) is 6.20 Å². The first-order chi connectivity index (χ1) is 10.6. The molecule has 1 aromatic rings. The number of aryl methyl sites for hydroxylation is 1. The van der Waals surface area contributed by atoms with Crippen LogP contribution in [0.2, 0.25) is 0 Å². The Hall–Kier alpha value is -1.05. The average molecular weight is 363 g/mol. The summed E-state index contributed by atoms with van der Waals surface area (Å²) in [7, 11) is -9.64. The van der Waals surface area contributed by atoms with E-state index >= 15 is 0 Å². The summed E-state index contributed by atoms with van der Waals surface area (Å²) in [4.78, 5) is 20.1. The van der Waals surface area contributed by atoms with E-state index in [2.05, 4.69) is 4.98 Å². The second kappa shape index (κ2) is 8.70. The fourth-order valence-electron chi connectivity index (χ4n) is 2.10. The molecule has 9 heteroatoms. The quantitative estimate of drug-likeness (QED) is 0.266. The van der Waals surface area contributed by atoms with Gasteiger partial charge in [-0.25, -0.2) is 0 Å². The molecule has 0 radical (unpaired) electrons. The number of pyridine rings is 1. The first-order valence-electron chi connectivity index (χ1n) is 7.18. The van der Waals surface area contributed by atoms with Gasteiger partial charge in [0.15, 0.2) is 4.99 Å². The van der Waals surface area contributed by atoms with Gasteiger partial charge in [-0.2, -0.15) is 8.42 Å². The minimum absolute atomic E-state index is 0.260. The lowest BCUT2D eigenvalue weighted by atomic mass is 10.1. The Kier molecular flexibility index (Phi) is 7.57. The number of hydrogen-bond donors (Lipinski definition) is 3. The molecule has 23 heavy (non-hydrogen) atoms. The van der Waals surface area contributed by atoms with E-state index in [0.717, 1.165) is 24.1 Å². The van der Waals surface area contributed by atoms with Crippen molar-refractivity contribution in [1.82, 2.24) is 4.98 Å². The molecule has 0 aromatic carbocycles. The van der Waals surface area contributed by atoms with Crippen LogP contribution in [0.5, 0.6) is 0 Å². The van der Waals surface area contributed by atoms with Crippen LogP contribution in [0.4, 0.5) is 0 Å². The molecule has 0 saturated carbocycles. The maximum Gasteiger partial charge on any atom is 0.346 e. The minimum Gasteiger partial charge on any atom is -0.323 e. The van der Waals surface area contributed by atoms with Crippen molar-refractivity contribution < 1.29 is 27.3 Å². The van der Waals surface area contributed by atoms with Crippen LogP contribution in [-0.2, 0) is 21.1 Å². The van der Waals surface area contributed by atoms with E-state index in [-0.39, 0.29) is 12.8 Å². The molecule has 1 unspecified atom stereocenters. The highest BCUT2D eigenvalue weighted by Crippen LogP contribution is 2.46. The van der Waals surface area contributed by atoms with E-state index in [1.807, 2.05) is 31.2 Å². The molecule has 130 valence electrons. The fraction of sp³-hybridized carbons (Fsp3) is 0.500. The Balaban J connectivity index is 2.44. The first kappa shape index (κ1) is 20.0. The zero-order chi connectivity index (χ0) is 17.5. The SMILES string of the molecule is CC(=CCCCC(P(=O)(O)O)S(=O)(=O)O)CCc1ccccn1. The molecule has 7 nitrogen and oxygen atoms in total. The molecule has 0 aliphatic heterocycles. The lowest BCUT2D eigenvalue weighted by Crippen LogP contribution is -2.20. The molecule has 0 bridgehead atoms. The van der Waals surface area contributed by atoms with Gasteiger partial charge in [0, 0.05) is 11.9 Å². The lowest BCUT2D eigenvalue weighted by molar-refractivity contribution is 0.360. The van der Waals surface area contributed by atoms with Crippen molar-refractivity contribution in [2.75, 3.05) is 0 Å². The topological polar surface area (TPSA) is 125 Å². The second-order valence-corrected chi connectivity index (χ2v) is 9.11.